The van der Waals surface area contributed by atoms with Gasteiger partial charge in [0.15, 0.2) is 0 Å². The highest BCUT2D eigenvalue weighted by molar-refractivity contribution is 4.89. The third kappa shape index (κ3) is 3.76. The van der Waals surface area contributed by atoms with Gasteiger partial charge >= 0.3 is 0 Å². The van der Waals surface area contributed by atoms with Crippen molar-refractivity contribution in [3.8, 4) is 0 Å². The molecule has 1 rings (SSSR count). The Morgan fingerprint density at radius 1 is 1.13 bits per heavy atom. The van der Waals surface area contributed by atoms with Crippen molar-refractivity contribution in [3.05, 3.63) is 0 Å². The molecule has 2 heteroatoms. The van der Waals surface area contributed by atoms with Gasteiger partial charge in [-0.15, -0.1) is 0 Å². The molecule has 1 aliphatic carbocycles. The lowest BCUT2D eigenvalue weighted by Crippen LogP contribution is -2.47. The van der Waals surface area contributed by atoms with Gasteiger partial charge in [-0.1, -0.05) is 27.2 Å². The summed E-state index contributed by atoms with van der Waals surface area (Å²) in [7, 11) is 0. The van der Waals surface area contributed by atoms with E-state index in [0.717, 1.165) is 12.1 Å². The van der Waals surface area contributed by atoms with Crippen molar-refractivity contribution in [2.75, 3.05) is 19.6 Å². The lowest BCUT2D eigenvalue weighted by molar-refractivity contribution is 0.181. The van der Waals surface area contributed by atoms with E-state index in [4.69, 9.17) is 0 Å². The lowest BCUT2D eigenvalue weighted by atomic mass is 10.1. The van der Waals surface area contributed by atoms with Crippen molar-refractivity contribution < 1.29 is 0 Å². The standard InChI is InChI=1S/C13H28N2/c1-4-10-14-12-8-7-9-13(12)15(6-3)11-5-2/h12-14H,4-11H2,1-3H3. The summed E-state index contributed by atoms with van der Waals surface area (Å²) >= 11 is 0. The second-order valence-corrected chi connectivity index (χ2v) is 4.69. The molecule has 90 valence electrons. The molecular weight excluding hydrogens is 184 g/mol. The summed E-state index contributed by atoms with van der Waals surface area (Å²) in [5, 5.41) is 3.71. The zero-order valence-electron chi connectivity index (χ0n) is 10.8. The normalized spacial score (nSPS) is 26.4. The van der Waals surface area contributed by atoms with E-state index in [2.05, 4.69) is 31.0 Å². The summed E-state index contributed by atoms with van der Waals surface area (Å²) in [6, 6.07) is 1.57. The van der Waals surface area contributed by atoms with Crippen LogP contribution >= 0.6 is 0 Å². The SMILES string of the molecule is CCCNC1CCCC1N(CC)CCC. The van der Waals surface area contributed by atoms with Crippen LogP contribution in [-0.4, -0.2) is 36.6 Å². The second kappa shape index (κ2) is 7.24. The molecular formula is C13H28N2. The minimum absolute atomic E-state index is 0.761. The summed E-state index contributed by atoms with van der Waals surface area (Å²) in [6.45, 7) is 10.5. The smallest absolute Gasteiger partial charge is 0.0249 e. The van der Waals surface area contributed by atoms with Crippen molar-refractivity contribution >= 4 is 0 Å². The Labute approximate surface area is 95.4 Å². The van der Waals surface area contributed by atoms with Crippen LogP contribution in [-0.2, 0) is 0 Å². The number of nitrogens with zero attached hydrogens (tertiary/aromatic N) is 1. The Balaban J connectivity index is 2.42. The molecule has 15 heavy (non-hydrogen) atoms. The van der Waals surface area contributed by atoms with Gasteiger partial charge in [0.1, 0.15) is 0 Å². The Morgan fingerprint density at radius 3 is 2.53 bits per heavy atom. The summed E-state index contributed by atoms with van der Waals surface area (Å²) in [5.41, 5.74) is 0. The molecule has 0 amide bonds. The third-order valence-electron chi connectivity index (χ3n) is 3.52. The minimum atomic E-state index is 0.761. The van der Waals surface area contributed by atoms with Crippen molar-refractivity contribution in [3.63, 3.8) is 0 Å². The van der Waals surface area contributed by atoms with Gasteiger partial charge in [0, 0.05) is 12.1 Å². The number of likely N-dealkylation sites (N-methyl/N-ethyl adjacent to an activating group) is 1. The summed E-state index contributed by atoms with van der Waals surface area (Å²) in [6.07, 6.45) is 6.72. The van der Waals surface area contributed by atoms with Gasteiger partial charge in [-0.25, -0.2) is 0 Å². The van der Waals surface area contributed by atoms with Crippen LogP contribution in [0.15, 0.2) is 0 Å². The van der Waals surface area contributed by atoms with E-state index in [1.807, 2.05) is 0 Å². The van der Waals surface area contributed by atoms with Crippen molar-refractivity contribution in [2.45, 2.75) is 65.0 Å². The molecule has 2 nitrogen and oxygen atoms in total. The van der Waals surface area contributed by atoms with E-state index in [1.165, 1.54) is 51.7 Å². The predicted molar refractivity (Wildman–Crippen MR) is 67.3 cm³/mol. The Bertz CT molecular complexity index is 159. The van der Waals surface area contributed by atoms with Crippen LogP contribution in [0.4, 0.5) is 0 Å². The van der Waals surface area contributed by atoms with Crippen LogP contribution in [0.2, 0.25) is 0 Å². The van der Waals surface area contributed by atoms with E-state index < -0.39 is 0 Å². The summed E-state index contributed by atoms with van der Waals surface area (Å²) < 4.78 is 0. The van der Waals surface area contributed by atoms with Gasteiger partial charge in [-0.2, -0.15) is 0 Å². The van der Waals surface area contributed by atoms with Crippen molar-refractivity contribution in [2.24, 2.45) is 0 Å². The van der Waals surface area contributed by atoms with Gasteiger partial charge < -0.3 is 5.32 Å². The lowest BCUT2D eigenvalue weighted by Gasteiger charge is -2.32. The topological polar surface area (TPSA) is 15.3 Å². The number of nitrogens with one attached hydrogen (secondary N) is 1. The van der Waals surface area contributed by atoms with Crippen LogP contribution in [0.25, 0.3) is 0 Å². The highest BCUT2D eigenvalue weighted by Gasteiger charge is 2.30. The first-order chi connectivity index (χ1) is 7.33. The van der Waals surface area contributed by atoms with E-state index in [-0.39, 0.29) is 0 Å². The molecule has 0 aliphatic heterocycles. The van der Waals surface area contributed by atoms with E-state index >= 15 is 0 Å². The monoisotopic (exact) mass is 212 g/mol. The first kappa shape index (κ1) is 13.0. The van der Waals surface area contributed by atoms with Crippen LogP contribution < -0.4 is 5.32 Å². The van der Waals surface area contributed by atoms with Crippen molar-refractivity contribution in [1.82, 2.24) is 10.2 Å². The van der Waals surface area contributed by atoms with Gasteiger partial charge in [0.25, 0.3) is 0 Å². The maximum absolute atomic E-state index is 3.71. The molecule has 0 heterocycles. The first-order valence-corrected chi connectivity index (χ1v) is 6.80. The van der Waals surface area contributed by atoms with Gasteiger partial charge in [0.2, 0.25) is 0 Å². The number of hydrogen-bond donors (Lipinski definition) is 1. The Hall–Kier alpha value is -0.0800. The summed E-state index contributed by atoms with van der Waals surface area (Å²) in [5.74, 6) is 0. The quantitative estimate of drug-likeness (QED) is 0.698. The summed E-state index contributed by atoms with van der Waals surface area (Å²) in [4.78, 5) is 2.67. The van der Waals surface area contributed by atoms with Gasteiger partial charge in [-0.3, -0.25) is 4.90 Å². The molecule has 0 aromatic rings. The molecule has 2 unspecified atom stereocenters. The van der Waals surface area contributed by atoms with E-state index in [9.17, 15) is 0 Å². The van der Waals surface area contributed by atoms with Gasteiger partial charge in [0.05, 0.1) is 0 Å². The zero-order valence-corrected chi connectivity index (χ0v) is 10.8. The fraction of sp³-hybridized carbons (Fsp3) is 1.00. The molecule has 0 bridgehead atoms. The first-order valence-electron chi connectivity index (χ1n) is 6.80. The fourth-order valence-corrected chi connectivity index (χ4v) is 2.79. The molecule has 0 saturated heterocycles. The van der Waals surface area contributed by atoms with Crippen LogP contribution in [0, 0.1) is 0 Å². The largest absolute Gasteiger partial charge is 0.312 e. The Morgan fingerprint density at radius 2 is 1.93 bits per heavy atom. The highest BCUT2D eigenvalue weighted by atomic mass is 15.2. The molecule has 0 aromatic carbocycles. The van der Waals surface area contributed by atoms with Crippen LogP contribution in [0.1, 0.15) is 52.9 Å². The van der Waals surface area contributed by atoms with Crippen LogP contribution in [0.5, 0.6) is 0 Å². The fourth-order valence-electron chi connectivity index (χ4n) is 2.79. The minimum Gasteiger partial charge on any atom is -0.312 e. The molecule has 2 atom stereocenters. The maximum atomic E-state index is 3.71. The molecule has 1 aliphatic rings. The van der Waals surface area contributed by atoms with Gasteiger partial charge in [-0.05, 0) is 45.3 Å². The predicted octanol–water partition coefficient (Wildman–Crippen LogP) is 2.64. The highest BCUT2D eigenvalue weighted by Crippen LogP contribution is 2.24. The number of hydrogen-bond acceptors (Lipinski definition) is 2. The van der Waals surface area contributed by atoms with Crippen LogP contribution in [0.3, 0.4) is 0 Å². The number of rotatable bonds is 7. The third-order valence-corrected chi connectivity index (χ3v) is 3.52. The van der Waals surface area contributed by atoms with E-state index in [0.29, 0.717) is 0 Å². The Kier molecular flexibility index (Phi) is 6.26. The second-order valence-electron chi connectivity index (χ2n) is 4.69. The molecule has 0 radical (unpaired) electrons. The van der Waals surface area contributed by atoms with Crippen molar-refractivity contribution in [1.29, 1.82) is 0 Å². The average Bonchev–Trinajstić information content (AvgIpc) is 2.71. The molecule has 1 fully saturated rings. The molecule has 0 spiro atoms. The molecule has 0 aromatic heterocycles. The zero-order chi connectivity index (χ0) is 11.1. The molecule has 1 saturated carbocycles. The maximum Gasteiger partial charge on any atom is 0.0249 e. The molecule has 1 N–H and O–H groups in total. The average molecular weight is 212 g/mol. The van der Waals surface area contributed by atoms with E-state index in [1.54, 1.807) is 0 Å².